The molecule has 9 heteroatoms. The maximum absolute atomic E-state index is 13.8. The number of unbranched alkanes of at least 4 members (excludes halogenated alkanes) is 3. The highest BCUT2D eigenvalue weighted by atomic mass is 16.7. The Morgan fingerprint density at radius 3 is 1.92 bits per heavy atom. The van der Waals surface area contributed by atoms with Crippen LogP contribution in [0, 0.1) is 5.92 Å². The van der Waals surface area contributed by atoms with E-state index in [0.29, 0.717) is 29.0 Å². The van der Waals surface area contributed by atoms with E-state index in [4.69, 9.17) is 14.7 Å². The third-order valence-corrected chi connectivity index (χ3v) is 9.20. The molecule has 1 atom stereocenters. The standard InChI is InChI=1S/C40H51N3O4.CH2O2/c1-7-12-14-16-36(41-47-28(6)44)40(46)32-20-24-38-35(26-32)34-25-31(19-23-37(34)43(38)27-29(9-3)15-13-8-2)39(45)30-17-21-33(22-18-30)42(10-4)11-5;2-1-3/h17-26,29H,7-16,27H2,1-6H3;1H,(H,2,3)/b41-36+;. The van der Waals surface area contributed by atoms with Gasteiger partial charge < -0.3 is 19.4 Å². The Morgan fingerprint density at radius 1 is 0.820 bits per heavy atom. The Kier molecular flexibility index (Phi) is 15.9. The van der Waals surface area contributed by atoms with Crippen LogP contribution >= 0.6 is 0 Å². The molecular weight excluding hydrogens is 630 g/mol. The van der Waals surface area contributed by atoms with E-state index >= 15 is 0 Å². The van der Waals surface area contributed by atoms with Crippen LogP contribution in [0.25, 0.3) is 21.8 Å². The molecule has 0 saturated heterocycles. The largest absolute Gasteiger partial charge is 0.483 e. The fourth-order valence-electron chi connectivity index (χ4n) is 6.37. The number of carbonyl (C=O) groups excluding carboxylic acids is 3. The number of anilines is 1. The Balaban J connectivity index is 0.00000217. The van der Waals surface area contributed by atoms with Crippen LogP contribution in [-0.4, -0.2) is 52.5 Å². The first kappa shape index (κ1) is 39.6. The molecule has 1 aromatic heterocycles. The van der Waals surface area contributed by atoms with Gasteiger partial charge in [-0.2, -0.15) is 0 Å². The number of nitrogens with zero attached hydrogens (tertiary/aromatic N) is 3. The molecule has 50 heavy (non-hydrogen) atoms. The van der Waals surface area contributed by atoms with Gasteiger partial charge in [-0.15, -0.1) is 0 Å². The van der Waals surface area contributed by atoms with Crippen molar-refractivity contribution in [2.45, 2.75) is 99.5 Å². The van der Waals surface area contributed by atoms with Crippen molar-refractivity contribution in [3.8, 4) is 0 Å². The summed E-state index contributed by atoms with van der Waals surface area (Å²) in [5, 5.41) is 12.7. The van der Waals surface area contributed by atoms with Crippen molar-refractivity contribution in [2.24, 2.45) is 11.1 Å². The molecule has 3 aromatic carbocycles. The Hall–Kier alpha value is -4.79. The van der Waals surface area contributed by atoms with Gasteiger partial charge in [-0.05, 0) is 99.7 Å². The number of carboxylic acid groups (broad SMARTS) is 1. The predicted octanol–water partition coefficient (Wildman–Crippen LogP) is 9.47. The molecule has 4 aromatic rings. The lowest BCUT2D eigenvalue weighted by molar-refractivity contribution is -0.141. The first-order valence-corrected chi connectivity index (χ1v) is 18.0. The van der Waals surface area contributed by atoms with E-state index in [1.807, 2.05) is 54.6 Å². The van der Waals surface area contributed by atoms with Crippen molar-refractivity contribution in [2.75, 3.05) is 18.0 Å². The molecule has 268 valence electrons. The minimum Gasteiger partial charge on any atom is -0.483 e. The van der Waals surface area contributed by atoms with Crippen LogP contribution in [0.3, 0.4) is 0 Å². The van der Waals surface area contributed by atoms with Gasteiger partial charge in [0.05, 0.1) is 0 Å². The Bertz CT molecular complexity index is 1770. The number of aromatic nitrogens is 1. The first-order valence-electron chi connectivity index (χ1n) is 18.0. The molecule has 0 aliphatic rings. The SMILES string of the molecule is CCCCC/C(=N\OC(C)=O)C(=O)c1ccc2c(c1)c1cc(C(=O)c3ccc(N(CC)CC)cc3)ccc1n2CC(CC)CCCC.O=CO. The molecular formula is C41H53N3O6. The molecule has 0 spiro atoms. The smallest absolute Gasteiger partial charge is 0.331 e. The number of fused-ring (bicyclic) bond motifs is 3. The summed E-state index contributed by atoms with van der Waals surface area (Å²) in [5.74, 6) is -0.327. The highest BCUT2D eigenvalue weighted by molar-refractivity contribution is 6.46. The number of ketones is 2. The molecule has 0 aliphatic heterocycles. The van der Waals surface area contributed by atoms with Gasteiger partial charge >= 0.3 is 5.97 Å². The van der Waals surface area contributed by atoms with E-state index in [1.165, 1.54) is 13.3 Å². The minimum absolute atomic E-state index is 0.0350. The van der Waals surface area contributed by atoms with Crippen molar-refractivity contribution in [3.05, 3.63) is 77.4 Å². The summed E-state index contributed by atoms with van der Waals surface area (Å²) in [6.45, 7) is 14.5. The van der Waals surface area contributed by atoms with Crippen molar-refractivity contribution in [1.82, 2.24) is 4.57 Å². The first-order chi connectivity index (χ1) is 24.2. The van der Waals surface area contributed by atoms with E-state index in [0.717, 1.165) is 85.7 Å². The van der Waals surface area contributed by atoms with Crippen LogP contribution in [0.15, 0.2) is 65.8 Å². The number of Topliss-reactive ketones (excluding diaryl/α,β-unsaturated/α-hetero) is 1. The van der Waals surface area contributed by atoms with Crippen LogP contribution < -0.4 is 4.90 Å². The Labute approximate surface area is 296 Å². The molecule has 9 nitrogen and oxygen atoms in total. The fourth-order valence-corrected chi connectivity index (χ4v) is 6.37. The van der Waals surface area contributed by atoms with E-state index in [2.05, 4.69) is 55.3 Å². The van der Waals surface area contributed by atoms with E-state index in [-0.39, 0.29) is 23.8 Å². The lowest BCUT2D eigenvalue weighted by Crippen LogP contribution is -2.21. The molecule has 0 bridgehead atoms. The molecule has 1 N–H and O–H groups in total. The lowest BCUT2D eigenvalue weighted by Gasteiger charge is -2.21. The third kappa shape index (κ3) is 10.1. The van der Waals surface area contributed by atoms with E-state index < -0.39 is 5.97 Å². The van der Waals surface area contributed by atoms with Gasteiger partial charge in [-0.1, -0.05) is 58.0 Å². The number of benzene rings is 3. The second kappa shape index (κ2) is 20.0. The van der Waals surface area contributed by atoms with Crippen LogP contribution in [-0.2, 0) is 21.0 Å². The average molecular weight is 684 g/mol. The topological polar surface area (TPSA) is 118 Å². The average Bonchev–Trinajstić information content (AvgIpc) is 3.43. The van der Waals surface area contributed by atoms with Crippen LogP contribution in [0.5, 0.6) is 0 Å². The third-order valence-electron chi connectivity index (χ3n) is 9.20. The molecule has 0 radical (unpaired) electrons. The summed E-state index contributed by atoms with van der Waals surface area (Å²) < 4.78 is 2.35. The maximum atomic E-state index is 13.8. The van der Waals surface area contributed by atoms with Gasteiger partial charge in [-0.25, -0.2) is 4.79 Å². The van der Waals surface area contributed by atoms with Crippen molar-refractivity contribution in [3.63, 3.8) is 0 Å². The number of hydrogen-bond donors (Lipinski definition) is 1. The second-order valence-electron chi connectivity index (χ2n) is 12.6. The molecule has 1 unspecified atom stereocenters. The van der Waals surface area contributed by atoms with Gasteiger partial charge in [0.2, 0.25) is 5.78 Å². The molecule has 4 rings (SSSR count). The van der Waals surface area contributed by atoms with Gasteiger partial charge in [-0.3, -0.25) is 14.4 Å². The maximum Gasteiger partial charge on any atom is 0.331 e. The predicted molar refractivity (Wildman–Crippen MR) is 203 cm³/mol. The minimum atomic E-state index is -0.558. The summed E-state index contributed by atoms with van der Waals surface area (Å²) in [6.07, 6.45) is 7.73. The Morgan fingerprint density at radius 2 is 1.38 bits per heavy atom. The van der Waals surface area contributed by atoms with Gasteiger partial charge in [0.25, 0.3) is 6.47 Å². The van der Waals surface area contributed by atoms with Crippen molar-refractivity contribution in [1.29, 1.82) is 0 Å². The zero-order valence-corrected chi connectivity index (χ0v) is 30.5. The molecule has 0 saturated carbocycles. The van der Waals surface area contributed by atoms with Crippen molar-refractivity contribution < 1.29 is 29.1 Å². The molecule has 0 amide bonds. The summed E-state index contributed by atoms with van der Waals surface area (Å²) >= 11 is 0. The zero-order chi connectivity index (χ0) is 36.6. The van der Waals surface area contributed by atoms with Gasteiger partial charge in [0.1, 0.15) is 5.71 Å². The molecule has 1 heterocycles. The van der Waals surface area contributed by atoms with E-state index in [9.17, 15) is 14.4 Å². The number of rotatable bonds is 18. The fraction of sp³-hybridized carbons (Fsp3) is 0.439. The lowest BCUT2D eigenvalue weighted by atomic mass is 9.98. The summed E-state index contributed by atoms with van der Waals surface area (Å²) in [7, 11) is 0. The van der Waals surface area contributed by atoms with Crippen LogP contribution in [0.1, 0.15) is 119 Å². The molecule has 0 aliphatic carbocycles. The summed E-state index contributed by atoms with van der Waals surface area (Å²) in [5.41, 5.74) is 5.16. The van der Waals surface area contributed by atoms with Crippen LogP contribution in [0.2, 0.25) is 0 Å². The molecule has 0 fully saturated rings. The van der Waals surface area contributed by atoms with Gasteiger partial charge in [0.15, 0.2) is 5.78 Å². The normalized spacial score (nSPS) is 11.9. The highest BCUT2D eigenvalue weighted by Crippen LogP contribution is 2.33. The summed E-state index contributed by atoms with van der Waals surface area (Å²) in [4.78, 5) is 54.6. The summed E-state index contributed by atoms with van der Waals surface area (Å²) in [6, 6.07) is 19.6. The van der Waals surface area contributed by atoms with Gasteiger partial charge in [0, 0.05) is 70.7 Å². The number of carbonyl (C=O) groups is 4. The number of oxime groups is 1. The van der Waals surface area contributed by atoms with Crippen LogP contribution in [0.4, 0.5) is 5.69 Å². The highest BCUT2D eigenvalue weighted by Gasteiger charge is 2.21. The second-order valence-corrected chi connectivity index (χ2v) is 12.6. The number of hydrogen-bond acceptors (Lipinski definition) is 7. The van der Waals surface area contributed by atoms with E-state index in [1.54, 1.807) is 0 Å². The monoisotopic (exact) mass is 683 g/mol. The quantitative estimate of drug-likeness (QED) is 0.0277. The zero-order valence-electron chi connectivity index (χ0n) is 30.5. The van der Waals surface area contributed by atoms with Crippen molar-refractivity contribution >= 4 is 57.2 Å².